The van der Waals surface area contributed by atoms with Crippen LogP contribution in [0.25, 0.3) is 0 Å². The SMILES string of the molecule is [CH3][Ge]([CH3])[CH3].c1ccc([Si](c2ccccc2)c2ccccc2)cc1. The van der Waals surface area contributed by atoms with Gasteiger partial charge >= 0.3 is 31.6 Å². The van der Waals surface area contributed by atoms with Crippen LogP contribution < -0.4 is 15.6 Å². The van der Waals surface area contributed by atoms with Crippen molar-refractivity contribution in [3.8, 4) is 0 Å². The normalized spacial score (nSPS) is 10.3. The first kappa shape index (κ1) is 17.8. The Morgan fingerprint density at radius 3 is 0.913 bits per heavy atom. The number of benzene rings is 3. The summed E-state index contributed by atoms with van der Waals surface area (Å²) in [5.74, 6) is 7.00. The van der Waals surface area contributed by atoms with Gasteiger partial charge in [-0.15, -0.1) is 0 Å². The molecule has 0 saturated heterocycles. The topological polar surface area (TPSA) is 0 Å². The van der Waals surface area contributed by atoms with E-state index in [1.54, 1.807) is 0 Å². The number of hydrogen-bond donors (Lipinski definition) is 0. The minimum Gasteiger partial charge on any atom is -0.0624 e. The molecule has 0 aromatic heterocycles. The molecule has 0 aliphatic heterocycles. The van der Waals surface area contributed by atoms with Crippen molar-refractivity contribution in [3.05, 3.63) is 91.0 Å². The summed E-state index contributed by atoms with van der Waals surface area (Å²) in [7, 11) is -0.877. The largest absolute Gasteiger partial charge is 0.154 e. The predicted molar refractivity (Wildman–Crippen MR) is 107 cm³/mol. The van der Waals surface area contributed by atoms with Crippen molar-refractivity contribution in [2.45, 2.75) is 17.3 Å². The molecule has 0 heterocycles. The fraction of sp³-hybridized carbons (Fsp3) is 0.143. The molecule has 0 N–H and O–H groups in total. The van der Waals surface area contributed by atoms with Crippen LogP contribution in [0, 0.1) is 0 Å². The second-order valence-corrected chi connectivity index (χ2v) is 14.7. The summed E-state index contributed by atoms with van der Waals surface area (Å²) in [6.07, 6.45) is 0. The fourth-order valence-electron chi connectivity index (χ4n) is 2.31. The summed E-state index contributed by atoms with van der Waals surface area (Å²) >= 11 is -0.333. The summed E-state index contributed by atoms with van der Waals surface area (Å²) in [4.78, 5) is 0. The molecule has 0 aliphatic carbocycles. The van der Waals surface area contributed by atoms with Crippen LogP contribution in [-0.2, 0) is 0 Å². The first-order chi connectivity index (χ1) is 11.2. The Balaban J connectivity index is 0.000000433. The van der Waals surface area contributed by atoms with Crippen molar-refractivity contribution >= 4 is 38.7 Å². The van der Waals surface area contributed by atoms with Gasteiger partial charge in [0.15, 0.2) is 8.80 Å². The molecule has 0 spiro atoms. The van der Waals surface area contributed by atoms with Gasteiger partial charge in [-0.3, -0.25) is 0 Å². The van der Waals surface area contributed by atoms with E-state index in [0.29, 0.717) is 0 Å². The quantitative estimate of drug-likeness (QED) is 0.484. The van der Waals surface area contributed by atoms with Crippen LogP contribution in [-0.4, -0.2) is 23.1 Å². The third-order valence-corrected chi connectivity index (χ3v) is 5.92. The van der Waals surface area contributed by atoms with Gasteiger partial charge in [-0.25, -0.2) is 0 Å². The van der Waals surface area contributed by atoms with Crippen LogP contribution in [0.15, 0.2) is 91.0 Å². The molecule has 3 aromatic carbocycles. The zero-order valence-electron chi connectivity index (χ0n) is 14.2. The third-order valence-electron chi connectivity index (χ3n) is 3.19. The van der Waals surface area contributed by atoms with E-state index < -0.39 is 8.80 Å². The van der Waals surface area contributed by atoms with Gasteiger partial charge in [0.1, 0.15) is 0 Å². The van der Waals surface area contributed by atoms with Gasteiger partial charge in [0.05, 0.1) is 0 Å². The summed E-state index contributed by atoms with van der Waals surface area (Å²) in [5, 5.41) is 4.31. The Morgan fingerprint density at radius 2 is 0.696 bits per heavy atom. The smallest absolute Gasteiger partial charge is 0.0624 e. The van der Waals surface area contributed by atoms with Gasteiger partial charge in [0.2, 0.25) is 0 Å². The molecule has 23 heavy (non-hydrogen) atoms. The summed E-state index contributed by atoms with van der Waals surface area (Å²) in [6.45, 7) is 0. The first-order valence-electron chi connectivity index (χ1n) is 7.98. The Morgan fingerprint density at radius 1 is 0.478 bits per heavy atom. The van der Waals surface area contributed by atoms with E-state index in [9.17, 15) is 0 Å². The molecule has 0 saturated carbocycles. The standard InChI is InChI=1S/C18H15Si.C3H9Ge/c1-4-10-16(11-5-1)19(17-12-6-2-7-13-17)18-14-8-3-9-15-18;1-4(2)3/h1-15H;1-3H3. The maximum atomic E-state index is 2.33. The molecule has 2 heteroatoms. The van der Waals surface area contributed by atoms with Gasteiger partial charge in [-0.1, -0.05) is 107 Å². The molecule has 0 amide bonds. The molecule has 0 aliphatic rings. The van der Waals surface area contributed by atoms with Crippen LogP contribution in [0.1, 0.15) is 0 Å². The van der Waals surface area contributed by atoms with E-state index in [-0.39, 0.29) is 14.3 Å². The number of hydrogen-bond acceptors (Lipinski definition) is 0. The van der Waals surface area contributed by atoms with Crippen LogP contribution in [0.5, 0.6) is 0 Å². The van der Waals surface area contributed by atoms with E-state index in [2.05, 4.69) is 108 Å². The molecule has 0 atom stereocenters. The molecular formula is C21H24GeSi. The van der Waals surface area contributed by atoms with Gasteiger partial charge in [0.25, 0.3) is 0 Å². The van der Waals surface area contributed by atoms with E-state index in [4.69, 9.17) is 0 Å². The number of rotatable bonds is 3. The zero-order chi connectivity index (χ0) is 16.5. The van der Waals surface area contributed by atoms with Crippen LogP contribution in [0.4, 0.5) is 0 Å². The van der Waals surface area contributed by atoms with Crippen LogP contribution in [0.2, 0.25) is 17.3 Å². The first-order valence-corrected chi connectivity index (χ1v) is 15.8. The molecule has 0 bridgehead atoms. The van der Waals surface area contributed by atoms with Crippen LogP contribution in [0.3, 0.4) is 0 Å². The molecule has 0 nitrogen and oxygen atoms in total. The monoisotopic (exact) mass is 378 g/mol. The zero-order valence-corrected chi connectivity index (χ0v) is 17.3. The van der Waals surface area contributed by atoms with Crippen molar-refractivity contribution in [1.82, 2.24) is 0 Å². The molecule has 2 radical (unpaired) electrons. The van der Waals surface area contributed by atoms with Gasteiger partial charge in [-0.2, -0.15) is 0 Å². The molecule has 0 fully saturated rings. The van der Waals surface area contributed by atoms with Crippen molar-refractivity contribution in [1.29, 1.82) is 0 Å². The van der Waals surface area contributed by atoms with Gasteiger partial charge in [0, 0.05) is 0 Å². The van der Waals surface area contributed by atoms with Gasteiger partial charge in [-0.05, 0) is 0 Å². The second kappa shape index (κ2) is 9.53. The Bertz CT molecular complexity index is 569. The molecule has 3 rings (SSSR count). The summed E-state index contributed by atoms with van der Waals surface area (Å²) < 4.78 is 0. The molecule has 116 valence electrons. The Kier molecular flexibility index (Phi) is 7.37. The molecule has 3 aromatic rings. The fourth-order valence-corrected chi connectivity index (χ4v) is 4.89. The average Bonchev–Trinajstić information content (AvgIpc) is 2.58. The predicted octanol–water partition coefficient (Wildman–Crippen LogP) is 3.57. The minimum atomic E-state index is -0.877. The maximum absolute atomic E-state index is 2.33. The maximum Gasteiger partial charge on any atom is 0.154 e. The Labute approximate surface area is 146 Å². The van der Waals surface area contributed by atoms with Crippen molar-refractivity contribution < 1.29 is 0 Å². The minimum absolute atomic E-state index is 0.333. The average molecular weight is 377 g/mol. The van der Waals surface area contributed by atoms with Gasteiger partial charge < -0.3 is 0 Å². The van der Waals surface area contributed by atoms with E-state index in [0.717, 1.165) is 0 Å². The third kappa shape index (κ3) is 5.85. The van der Waals surface area contributed by atoms with Crippen molar-refractivity contribution in [3.63, 3.8) is 0 Å². The molecule has 0 unspecified atom stereocenters. The summed E-state index contributed by atoms with van der Waals surface area (Å²) in [5.41, 5.74) is 0. The summed E-state index contributed by atoms with van der Waals surface area (Å²) in [6, 6.07) is 32.5. The molecular weight excluding hydrogens is 353 g/mol. The van der Waals surface area contributed by atoms with E-state index >= 15 is 0 Å². The van der Waals surface area contributed by atoms with E-state index in [1.165, 1.54) is 15.6 Å². The second-order valence-electron chi connectivity index (χ2n) is 5.97. The van der Waals surface area contributed by atoms with Crippen molar-refractivity contribution in [2.24, 2.45) is 0 Å². The van der Waals surface area contributed by atoms with Crippen molar-refractivity contribution in [2.75, 3.05) is 0 Å². The van der Waals surface area contributed by atoms with Crippen LogP contribution >= 0.6 is 0 Å². The van der Waals surface area contributed by atoms with E-state index in [1.807, 2.05) is 0 Å². The Hall–Kier alpha value is -1.58.